The maximum absolute atomic E-state index is 14.0. The number of nitrogens with two attached hydrogens (primary N) is 2. The van der Waals surface area contributed by atoms with E-state index in [2.05, 4.69) is 37.2 Å². The molecule has 384 valence electrons. The minimum absolute atomic E-state index is 0.140. The van der Waals surface area contributed by atoms with Crippen LogP contribution in [0.15, 0.2) is 0 Å². The fourth-order valence-electron chi connectivity index (χ4n) is 8.56. The molecule has 9 atom stereocenters. The monoisotopic (exact) mass is 979 g/mol. The lowest BCUT2D eigenvalue weighted by atomic mass is 10.1. The smallest absolute Gasteiger partial charge is 0.246 e. The number of amides is 12. The van der Waals surface area contributed by atoms with Crippen LogP contribution >= 0.6 is 0 Å². The van der Waals surface area contributed by atoms with Crippen molar-refractivity contribution in [2.75, 3.05) is 65.6 Å². The molecule has 0 aromatic carbocycles. The molecular weight excluding hydrogens is 915 g/mol. The summed E-state index contributed by atoms with van der Waals surface area (Å²) < 4.78 is 0. The van der Waals surface area contributed by atoms with Crippen LogP contribution in [0.1, 0.15) is 65.2 Å². The molecule has 4 saturated heterocycles. The molecule has 0 saturated carbocycles. The molecule has 28 nitrogen and oxygen atoms in total. The first-order chi connectivity index (χ1) is 32.7. The van der Waals surface area contributed by atoms with Gasteiger partial charge in [-0.15, -0.1) is 0 Å². The number of likely N-dealkylation sites (tertiary alicyclic amines) is 4. The largest absolute Gasteiger partial charge is 0.394 e. The summed E-state index contributed by atoms with van der Waals surface area (Å²) >= 11 is 0. The van der Waals surface area contributed by atoms with Crippen LogP contribution in [0, 0.1) is 0 Å². The maximum Gasteiger partial charge on any atom is 0.246 e. The van der Waals surface area contributed by atoms with E-state index >= 15 is 0 Å². The molecule has 69 heavy (non-hydrogen) atoms. The Bertz CT molecular complexity index is 1970. The van der Waals surface area contributed by atoms with Crippen LogP contribution in [0.25, 0.3) is 0 Å². The van der Waals surface area contributed by atoms with E-state index in [0.29, 0.717) is 38.5 Å². The molecule has 0 spiro atoms. The summed E-state index contributed by atoms with van der Waals surface area (Å²) in [7, 11) is 0. The van der Waals surface area contributed by atoms with Crippen molar-refractivity contribution < 1.29 is 72.9 Å². The van der Waals surface area contributed by atoms with Crippen LogP contribution in [-0.4, -0.2) is 226 Å². The van der Waals surface area contributed by atoms with Crippen LogP contribution in [-0.2, 0) is 57.5 Å². The molecule has 28 heteroatoms. The van der Waals surface area contributed by atoms with E-state index in [4.69, 9.17) is 11.5 Å². The summed E-state index contributed by atoms with van der Waals surface area (Å²) in [6.07, 6.45) is 2.86. The first kappa shape index (κ1) is 55.1. The maximum atomic E-state index is 14.0. The molecule has 4 heterocycles. The van der Waals surface area contributed by atoms with Gasteiger partial charge in [-0.05, 0) is 65.2 Å². The molecule has 4 rings (SSSR count). The van der Waals surface area contributed by atoms with E-state index in [1.165, 1.54) is 33.4 Å². The van der Waals surface area contributed by atoms with Crippen LogP contribution in [0.3, 0.4) is 0 Å². The minimum Gasteiger partial charge on any atom is -0.394 e. The lowest BCUT2D eigenvalue weighted by Gasteiger charge is -2.34. The number of aliphatic hydroxyl groups excluding tert-OH is 3. The zero-order chi connectivity index (χ0) is 51.1. The molecule has 0 aromatic heterocycles. The van der Waals surface area contributed by atoms with Gasteiger partial charge in [0.25, 0.3) is 0 Å². The summed E-state index contributed by atoms with van der Waals surface area (Å²) in [5.41, 5.74) is 10.7. The molecular formula is C41H65N13O15. The lowest BCUT2D eigenvalue weighted by molar-refractivity contribution is -0.151. The van der Waals surface area contributed by atoms with E-state index in [1.54, 1.807) is 0 Å². The zero-order valence-corrected chi connectivity index (χ0v) is 38.6. The van der Waals surface area contributed by atoms with Crippen molar-refractivity contribution in [2.45, 2.75) is 120 Å². The third kappa shape index (κ3) is 14.5. The fraction of sp³-hybridized carbons (Fsp3) is 0.707. The van der Waals surface area contributed by atoms with Crippen LogP contribution in [0.2, 0.25) is 0 Å². The van der Waals surface area contributed by atoms with E-state index in [0.717, 1.165) is 0 Å². The summed E-state index contributed by atoms with van der Waals surface area (Å²) in [6.45, 7) is -0.786. The zero-order valence-electron chi connectivity index (χ0n) is 38.6. The molecule has 12 amide bonds. The predicted molar refractivity (Wildman–Crippen MR) is 235 cm³/mol. The van der Waals surface area contributed by atoms with E-state index in [-0.39, 0.29) is 39.0 Å². The van der Waals surface area contributed by atoms with Crippen molar-refractivity contribution in [1.29, 1.82) is 0 Å². The molecule has 4 aliphatic heterocycles. The Kier molecular flexibility index (Phi) is 20.5. The average molecular weight is 980 g/mol. The van der Waals surface area contributed by atoms with Gasteiger partial charge in [0, 0.05) is 26.2 Å². The van der Waals surface area contributed by atoms with Crippen LogP contribution in [0.4, 0.5) is 0 Å². The van der Waals surface area contributed by atoms with Crippen molar-refractivity contribution in [3.63, 3.8) is 0 Å². The van der Waals surface area contributed by atoms with Gasteiger partial charge in [0.2, 0.25) is 70.9 Å². The van der Waals surface area contributed by atoms with E-state index in [1.807, 2.05) is 0 Å². The molecule has 4 aliphatic rings. The van der Waals surface area contributed by atoms with Crippen molar-refractivity contribution in [1.82, 2.24) is 56.8 Å². The van der Waals surface area contributed by atoms with Crippen molar-refractivity contribution in [3.05, 3.63) is 0 Å². The fourth-order valence-corrected chi connectivity index (χ4v) is 8.56. The molecule has 0 bridgehead atoms. The Labute approximate surface area is 396 Å². The normalized spacial score (nSPS) is 22.1. The number of primary amides is 1. The number of hydrogen-bond acceptors (Lipinski definition) is 16. The molecule has 4 fully saturated rings. The Morgan fingerprint density at radius 1 is 0.507 bits per heavy atom. The third-order valence-corrected chi connectivity index (χ3v) is 12.3. The molecule has 0 radical (unpaired) electrons. The quantitative estimate of drug-likeness (QED) is 0.0479. The van der Waals surface area contributed by atoms with Crippen LogP contribution in [0.5, 0.6) is 0 Å². The van der Waals surface area contributed by atoms with Gasteiger partial charge >= 0.3 is 0 Å². The van der Waals surface area contributed by atoms with Gasteiger partial charge in [-0.25, -0.2) is 0 Å². The number of aliphatic hydroxyl groups is 3. The number of carbonyl (C=O) groups is 12. The summed E-state index contributed by atoms with van der Waals surface area (Å²) in [5.74, 6) is -8.89. The highest BCUT2D eigenvalue weighted by Gasteiger charge is 2.46. The number of nitrogens with zero attached hydrogens (tertiary/aromatic N) is 4. The highest BCUT2D eigenvalue weighted by Crippen LogP contribution is 2.29. The third-order valence-electron chi connectivity index (χ3n) is 12.3. The second-order valence-corrected chi connectivity index (χ2v) is 17.2. The Hall–Kier alpha value is -6.52. The average Bonchev–Trinajstić information content (AvgIpc) is 4.18. The number of rotatable bonds is 22. The minimum atomic E-state index is -1.67. The van der Waals surface area contributed by atoms with Gasteiger partial charge in [-0.3, -0.25) is 57.5 Å². The van der Waals surface area contributed by atoms with Gasteiger partial charge < -0.3 is 83.6 Å². The standard InChI is InChI=1S/C41H65N13O15/c1-21(42)34(62)45-15-30(58)44-17-32(60)51-11-3-7-26(51)37(65)50-25(20-57)36(64)49-24(19-56)35(63)46-16-31(59)47-22(2)39(67)53-13-5-9-28(53)41(69)54-14-6-10-29(54)40(68)52-12-4-8-27(52)38(66)48-23(18-55)33(43)61/h21-29,55-57H,3-20,42H2,1-2H3,(H2,43,61)(H,44,58)(H,45,62)(H,46,63)(H,47,59)(H,48,66)(H,49,64)(H,50,65)/t21-,22-,23-,24-,25-,26-,27-,28-,29-/m0/s1. The van der Waals surface area contributed by atoms with E-state index < -0.39 is 165 Å². The summed E-state index contributed by atoms with van der Waals surface area (Å²) in [5, 5.41) is 45.4. The second-order valence-electron chi connectivity index (χ2n) is 17.2. The van der Waals surface area contributed by atoms with Gasteiger partial charge in [0.15, 0.2) is 0 Å². The molecule has 0 aromatic rings. The topological polar surface area (TPSA) is 415 Å². The predicted octanol–water partition coefficient (Wildman–Crippen LogP) is -8.93. The van der Waals surface area contributed by atoms with Gasteiger partial charge in [0.05, 0.1) is 45.5 Å². The van der Waals surface area contributed by atoms with Gasteiger partial charge in [0.1, 0.15) is 48.3 Å². The highest BCUT2D eigenvalue weighted by molar-refractivity contribution is 5.99. The van der Waals surface area contributed by atoms with Crippen molar-refractivity contribution in [3.8, 4) is 0 Å². The Morgan fingerprint density at radius 3 is 1.48 bits per heavy atom. The highest BCUT2D eigenvalue weighted by atomic mass is 16.3. The van der Waals surface area contributed by atoms with Gasteiger partial charge in [-0.1, -0.05) is 0 Å². The first-order valence-corrected chi connectivity index (χ1v) is 22.8. The van der Waals surface area contributed by atoms with Crippen molar-refractivity contribution in [2.24, 2.45) is 11.5 Å². The van der Waals surface area contributed by atoms with Gasteiger partial charge in [-0.2, -0.15) is 0 Å². The second kappa shape index (κ2) is 25.7. The molecule has 0 aliphatic carbocycles. The number of nitrogens with one attached hydrogen (secondary N) is 7. The number of hydrogen-bond donors (Lipinski definition) is 12. The SMILES string of the molecule is C[C@H](N)C(=O)NCC(=O)NCC(=O)N1CCC[C@H]1C(=O)N[C@@H](CO)C(=O)N[C@@H](CO)C(=O)NCC(=O)N[C@@H](C)C(=O)N1CCC[C@H]1C(=O)N1CCC[C@H]1C(=O)N1CCC[C@H]1C(=O)N[C@@H](CO)C(N)=O. The first-order valence-electron chi connectivity index (χ1n) is 22.8. The summed E-state index contributed by atoms with van der Waals surface area (Å²) in [4.78, 5) is 160. The Balaban J connectivity index is 1.24. The van der Waals surface area contributed by atoms with Crippen molar-refractivity contribution >= 4 is 70.9 Å². The van der Waals surface area contributed by atoms with Crippen LogP contribution < -0.4 is 48.7 Å². The van der Waals surface area contributed by atoms with E-state index in [9.17, 15) is 72.9 Å². The lowest BCUT2D eigenvalue weighted by Crippen LogP contribution is -2.59. The summed E-state index contributed by atoms with van der Waals surface area (Å²) in [6, 6.07) is -10.6. The Morgan fingerprint density at radius 2 is 0.942 bits per heavy atom. The molecule has 14 N–H and O–H groups in total. The number of carbonyl (C=O) groups excluding carboxylic acids is 12. The molecule has 0 unspecified atom stereocenters.